The molecule has 0 bridgehead atoms. The van der Waals surface area contributed by atoms with Gasteiger partial charge < -0.3 is 9.80 Å². The van der Waals surface area contributed by atoms with Crippen molar-refractivity contribution in [1.29, 1.82) is 0 Å². The fraction of sp³-hybridized carbons (Fsp3) is 0.385. The summed E-state index contributed by atoms with van der Waals surface area (Å²) in [6.07, 6.45) is 8.54. The summed E-state index contributed by atoms with van der Waals surface area (Å²) in [5, 5.41) is 4.22. The van der Waals surface area contributed by atoms with Crippen molar-refractivity contribution in [2.45, 2.75) is 39.3 Å². The molecule has 33 heavy (non-hydrogen) atoms. The molecule has 4 rings (SSSR count). The molecule has 7 nitrogen and oxygen atoms in total. The second-order valence-electron chi connectivity index (χ2n) is 8.64. The first-order valence-electron chi connectivity index (χ1n) is 11.6. The van der Waals surface area contributed by atoms with Crippen LogP contribution >= 0.6 is 0 Å². The summed E-state index contributed by atoms with van der Waals surface area (Å²) < 4.78 is 1.77. The van der Waals surface area contributed by atoms with E-state index in [9.17, 15) is 9.59 Å². The maximum Gasteiger partial charge on any atom is 0.245 e. The van der Waals surface area contributed by atoms with Gasteiger partial charge in [0.2, 0.25) is 11.8 Å². The van der Waals surface area contributed by atoms with Gasteiger partial charge in [-0.3, -0.25) is 19.3 Å². The molecule has 2 atom stereocenters. The topological polar surface area (TPSA) is 71.3 Å². The van der Waals surface area contributed by atoms with Crippen LogP contribution in [0.15, 0.2) is 67.3 Å². The van der Waals surface area contributed by atoms with Crippen molar-refractivity contribution < 1.29 is 9.59 Å². The third-order valence-corrected chi connectivity index (χ3v) is 6.20. The number of piperazine rings is 1. The number of carbonyl (C=O) groups is 2. The highest BCUT2D eigenvalue weighted by Crippen LogP contribution is 2.23. The van der Waals surface area contributed by atoms with Crippen LogP contribution in [-0.4, -0.2) is 62.1 Å². The molecule has 0 saturated carbocycles. The van der Waals surface area contributed by atoms with E-state index in [4.69, 9.17) is 0 Å². The van der Waals surface area contributed by atoms with Crippen LogP contribution in [0.2, 0.25) is 0 Å². The van der Waals surface area contributed by atoms with Gasteiger partial charge in [0.05, 0.1) is 12.5 Å². The molecule has 172 valence electrons. The molecule has 2 aromatic heterocycles. The van der Waals surface area contributed by atoms with Gasteiger partial charge in [-0.25, -0.2) is 0 Å². The molecular formula is C26H31N5O2. The third kappa shape index (κ3) is 5.30. The van der Waals surface area contributed by atoms with E-state index in [0.717, 1.165) is 29.7 Å². The second kappa shape index (κ2) is 10.4. The monoisotopic (exact) mass is 445 g/mol. The van der Waals surface area contributed by atoms with Crippen molar-refractivity contribution >= 4 is 11.8 Å². The molecule has 1 aliphatic heterocycles. The molecule has 3 aromatic rings. The Hall–Kier alpha value is -3.48. The summed E-state index contributed by atoms with van der Waals surface area (Å²) in [6.45, 7) is 6.36. The van der Waals surface area contributed by atoms with E-state index < -0.39 is 6.04 Å². The molecule has 0 aliphatic carbocycles. The highest BCUT2D eigenvalue weighted by molar-refractivity contribution is 5.90. The molecular weight excluding hydrogens is 414 g/mol. The predicted octanol–water partition coefficient (Wildman–Crippen LogP) is 3.27. The van der Waals surface area contributed by atoms with Crippen molar-refractivity contribution in [3.05, 3.63) is 72.8 Å². The fourth-order valence-corrected chi connectivity index (χ4v) is 4.44. The Kier molecular flexibility index (Phi) is 7.17. The van der Waals surface area contributed by atoms with E-state index in [-0.39, 0.29) is 17.7 Å². The van der Waals surface area contributed by atoms with Gasteiger partial charge in [0.1, 0.15) is 6.04 Å². The number of aromatic nitrogens is 3. The number of benzene rings is 1. The quantitative estimate of drug-likeness (QED) is 0.534. The van der Waals surface area contributed by atoms with Crippen molar-refractivity contribution in [3.63, 3.8) is 0 Å². The van der Waals surface area contributed by atoms with Gasteiger partial charge in [0.15, 0.2) is 0 Å². The average molecular weight is 446 g/mol. The smallest absolute Gasteiger partial charge is 0.245 e. The number of hydrogen-bond donors (Lipinski definition) is 0. The molecule has 0 radical (unpaired) electrons. The number of carbonyl (C=O) groups excluding carboxylic acids is 2. The molecule has 1 saturated heterocycles. The summed E-state index contributed by atoms with van der Waals surface area (Å²) in [6, 6.07) is 13.6. The Labute approximate surface area is 195 Å². The standard InChI is InChI=1S/C26H31N5O2/c1-3-14-29-16-17-31(25(32)20(2)19-30-15-4-11-28-30)24(26(29)33)18-21-5-7-22(8-6-21)23-9-12-27-13-10-23/h4-13,15,20,24H,3,14,16-19H2,1-2H3/t20-,24+/m1/s1. The maximum atomic E-state index is 13.4. The van der Waals surface area contributed by atoms with Crippen LogP contribution in [0.5, 0.6) is 0 Å². The van der Waals surface area contributed by atoms with Crippen LogP contribution in [0.25, 0.3) is 11.1 Å². The lowest BCUT2D eigenvalue weighted by Gasteiger charge is -2.41. The summed E-state index contributed by atoms with van der Waals surface area (Å²) in [7, 11) is 0. The van der Waals surface area contributed by atoms with Crippen LogP contribution < -0.4 is 0 Å². The first kappa shape index (κ1) is 22.7. The van der Waals surface area contributed by atoms with Crippen molar-refractivity contribution in [2.75, 3.05) is 19.6 Å². The van der Waals surface area contributed by atoms with Gasteiger partial charge in [-0.15, -0.1) is 0 Å². The number of nitrogens with zero attached hydrogens (tertiary/aromatic N) is 5. The predicted molar refractivity (Wildman–Crippen MR) is 127 cm³/mol. The Bertz CT molecular complexity index is 1050. The minimum atomic E-state index is -0.482. The number of hydrogen-bond acceptors (Lipinski definition) is 4. The van der Waals surface area contributed by atoms with Crippen molar-refractivity contribution in [3.8, 4) is 11.1 Å². The van der Waals surface area contributed by atoms with Gasteiger partial charge in [-0.2, -0.15) is 5.10 Å². The zero-order chi connectivity index (χ0) is 23.2. The Morgan fingerprint density at radius 1 is 1.06 bits per heavy atom. The molecule has 0 spiro atoms. The fourth-order valence-electron chi connectivity index (χ4n) is 4.44. The molecule has 1 aromatic carbocycles. The highest BCUT2D eigenvalue weighted by Gasteiger charge is 2.38. The molecule has 1 fully saturated rings. The average Bonchev–Trinajstić information content (AvgIpc) is 3.35. The van der Waals surface area contributed by atoms with Gasteiger partial charge in [0, 0.05) is 50.8 Å². The molecule has 0 unspecified atom stereocenters. The SMILES string of the molecule is CCCN1CCN(C(=O)[C@H](C)Cn2cccn2)[C@@H](Cc2ccc(-c3ccncc3)cc2)C1=O. The normalized spacial score (nSPS) is 17.3. The molecule has 3 heterocycles. The summed E-state index contributed by atoms with van der Waals surface area (Å²) in [5.74, 6) is -0.207. The van der Waals surface area contributed by atoms with Crippen LogP contribution in [0.3, 0.4) is 0 Å². The first-order valence-corrected chi connectivity index (χ1v) is 11.6. The van der Waals surface area contributed by atoms with Crippen LogP contribution in [0.4, 0.5) is 0 Å². The van der Waals surface area contributed by atoms with E-state index in [1.807, 2.05) is 36.2 Å². The van der Waals surface area contributed by atoms with Gasteiger partial charge in [0.25, 0.3) is 0 Å². The summed E-state index contributed by atoms with van der Waals surface area (Å²) >= 11 is 0. The zero-order valence-electron chi connectivity index (χ0n) is 19.3. The maximum absolute atomic E-state index is 13.4. The lowest BCUT2D eigenvalue weighted by Crippen LogP contribution is -2.60. The van der Waals surface area contributed by atoms with Crippen LogP contribution in [0, 0.1) is 5.92 Å². The minimum absolute atomic E-state index is 0.00778. The lowest BCUT2D eigenvalue weighted by molar-refractivity contribution is -0.153. The number of amides is 2. The zero-order valence-corrected chi connectivity index (χ0v) is 19.3. The molecule has 2 amide bonds. The third-order valence-electron chi connectivity index (χ3n) is 6.20. The lowest BCUT2D eigenvalue weighted by atomic mass is 9.97. The minimum Gasteiger partial charge on any atom is -0.339 e. The molecule has 7 heteroatoms. The highest BCUT2D eigenvalue weighted by atomic mass is 16.2. The Morgan fingerprint density at radius 3 is 2.45 bits per heavy atom. The number of pyridine rings is 1. The van der Waals surface area contributed by atoms with Gasteiger partial charge in [-0.05, 0) is 41.3 Å². The number of rotatable bonds is 8. The first-order chi connectivity index (χ1) is 16.1. The molecule has 1 aliphatic rings. The van der Waals surface area contributed by atoms with E-state index in [1.54, 1.807) is 28.2 Å². The molecule has 0 N–H and O–H groups in total. The van der Waals surface area contributed by atoms with E-state index in [1.165, 1.54) is 0 Å². The van der Waals surface area contributed by atoms with Crippen molar-refractivity contribution in [1.82, 2.24) is 24.6 Å². The van der Waals surface area contributed by atoms with Crippen LogP contribution in [-0.2, 0) is 22.6 Å². The van der Waals surface area contributed by atoms with E-state index in [0.29, 0.717) is 26.1 Å². The van der Waals surface area contributed by atoms with Gasteiger partial charge in [-0.1, -0.05) is 38.1 Å². The Balaban J connectivity index is 1.52. The van der Waals surface area contributed by atoms with E-state index in [2.05, 4.69) is 41.3 Å². The largest absolute Gasteiger partial charge is 0.339 e. The van der Waals surface area contributed by atoms with Crippen molar-refractivity contribution in [2.24, 2.45) is 5.92 Å². The Morgan fingerprint density at radius 2 is 1.79 bits per heavy atom. The van der Waals surface area contributed by atoms with Crippen LogP contribution in [0.1, 0.15) is 25.8 Å². The summed E-state index contributed by atoms with van der Waals surface area (Å²) in [5.41, 5.74) is 3.25. The second-order valence-corrected chi connectivity index (χ2v) is 8.64. The summed E-state index contributed by atoms with van der Waals surface area (Å²) in [4.78, 5) is 34.5. The van der Waals surface area contributed by atoms with Gasteiger partial charge >= 0.3 is 0 Å². The van der Waals surface area contributed by atoms with E-state index >= 15 is 0 Å².